The molecular formula is C15H21ClN4S. The van der Waals surface area contributed by atoms with Crippen molar-refractivity contribution >= 4 is 28.5 Å². The first-order valence-electron chi connectivity index (χ1n) is 6.94. The van der Waals surface area contributed by atoms with E-state index >= 15 is 0 Å². The van der Waals surface area contributed by atoms with Crippen molar-refractivity contribution in [3.8, 4) is 0 Å². The standard InChI is InChI=1S/C15H21ClN4S/c1-3-6-21-14-19-9-13(17)15(18,20-14)8-11-5-4-10(2)12(16)7-11/h4-5,7,9H,3,6,8,17-18H2,1-2H3,(H,19,20). The van der Waals surface area contributed by atoms with Gasteiger partial charge in [0.1, 0.15) is 0 Å². The number of aryl methyl sites for hydroxylation is 1. The van der Waals surface area contributed by atoms with Crippen LogP contribution in [0.1, 0.15) is 24.5 Å². The summed E-state index contributed by atoms with van der Waals surface area (Å²) in [6.07, 6.45) is 3.34. The van der Waals surface area contributed by atoms with Crippen molar-refractivity contribution in [1.82, 2.24) is 5.32 Å². The van der Waals surface area contributed by atoms with Gasteiger partial charge in [-0.15, -0.1) is 0 Å². The number of hydrogen-bond donors (Lipinski definition) is 3. The van der Waals surface area contributed by atoms with Gasteiger partial charge in [-0.1, -0.05) is 42.4 Å². The van der Waals surface area contributed by atoms with Crippen LogP contribution in [0.4, 0.5) is 0 Å². The van der Waals surface area contributed by atoms with Crippen molar-refractivity contribution in [3.05, 3.63) is 46.2 Å². The number of benzene rings is 1. The SMILES string of the molecule is CCCSC1=NC(N)(Cc2ccc(C)c(Cl)c2)C(N)=CN1. The number of aliphatic imine (C=N–C) groups is 1. The topological polar surface area (TPSA) is 76.4 Å². The van der Waals surface area contributed by atoms with Gasteiger partial charge in [-0.2, -0.15) is 0 Å². The number of thioether (sulfide) groups is 1. The predicted octanol–water partition coefficient (Wildman–Crippen LogP) is 2.75. The first-order valence-corrected chi connectivity index (χ1v) is 8.30. The molecule has 0 saturated carbocycles. The fraction of sp³-hybridized carbons (Fsp3) is 0.400. The zero-order valence-corrected chi connectivity index (χ0v) is 13.9. The molecule has 1 aromatic carbocycles. The van der Waals surface area contributed by atoms with Crippen molar-refractivity contribution in [1.29, 1.82) is 0 Å². The Kier molecular flexibility index (Phi) is 5.19. The summed E-state index contributed by atoms with van der Waals surface area (Å²) < 4.78 is 0. The van der Waals surface area contributed by atoms with E-state index in [4.69, 9.17) is 23.1 Å². The lowest BCUT2D eigenvalue weighted by molar-refractivity contribution is 0.505. The Morgan fingerprint density at radius 2 is 2.19 bits per heavy atom. The maximum absolute atomic E-state index is 6.41. The average molecular weight is 325 g/mol. The van der Waals surface area contributed by atoms with E-state index < -0.39 is 5.66 Å². The molecule has 0 amide bonds. The second kappa shape index (κ2) is 6.73. The second-order valence-electron chi connectivity index (χ2n) is 5.19. The van der Waals surface area contributed by atoms with E-state index in [0.29, 0.717) is 12.1 Å². The van der Waals surface area contributed by atoms with E-state index in [1.165, 1.54) is 0 Å². The van der Waals surface area contributed by atoms with Gasteiger partial charge < -0.3 is 16.8 Å². The number of nitrogens with one attached hydrogen (secondary N) is 1. The van der Waals surface area contributed by atoms with Gasteiger partial charge in [0, 0.05) is 23.4 Å². The Labute approximate surface area is 135 Å². The summed E-state index contributed by atoms with van der Waals surface area (Å²) in [4.78, 5) is 4.59. The van der Waals surface area contributed by atoms with Crippen molar-refractivity contribution < 1.29 is 0 Å². The first-order chi connectivity index (χ1) is 9.94. The van der Waals surface area contributed by atoms with Gasteiger partial charge in [0.15, 0.2) is 10.8 Å². The summed E-state index contributed by atoms with van der Waals surface area (Å²) in [5.41, 5.74) is 14.1. The summed E-state index contributed by atoms with van der Waals surface area (Å²) in [5.74, 6) is 0.992. The molecule has 1 aromatic rings. The lowest BCUT2D eigenvalue weighted by atomic mass is 9.97. The predicted molar refractivity (Wildman–Crippen MR) is 92.4 cm³/mol. The highest BCUT2D eigenvalue weighted by Crippen LogP contribution is 2.25. The Balaban J connectivity index is 2.21. The number of nitrogens with zero attached hydrogens (tertiary/aromatic N) is 1. The van der Waals surface area contributed by atoms with Crippen LogP contribution in [0.15, 0.2) is 35.1 Å². The Hall–Kier alpha value is -1.17. The molecule has 4 nitrogen and oxygen atoms in total. The molecule has 0 aromatic heterocycles. The molecule has 21 heavy (non-hydrogen) atoms. The average Bonchev–Trinajstić information content (AvgIpc) is 2.44. The summed E-state index contributed by atoms with van der Waals surface area (Å²) >= 11 is 7.82. The van der Waals surface area contributed by atoms with E-state index in [1.54, 1.807) is 18.0 Å². The van der Waals surface area contributed by atoms with Gasteiger partial charge in [0.25, 0.3) is 0 Å². The van der Waals surface area contributed by atoms with E-state index in [-0.39, 0.29) is 0 Å². The number of rotatable bonds is 4. The molecule has 0 bridgehead atoms. The van der Waals surface area contributed by atoms with Crippen LogP contribution in [-0.2, 0) is 6.42 Å². The number of nitrogens with two attached hydrogens (primary N) is 2. The highest BCUT2D eigenvalue weighted by molar-refractivity contribution is 8.13. The molecule has 0 aliphatic carbocycles. The molecule has 0 fully saturated rings. The minimum absolute atomic E-state index is 0.521. The summed E-state index contributed by atoms with van der Waals surface area (Å²) in [7, 11) is 0. The molecule has 1 atom stereocenters. The largest absolute Gasteiger partial charge is 0.398 e. The lowest BCUT2D eigenvalue weighted by Gasteiger charge is -2.30. The van der Waals surface area contributed by atoms with Crippen LogP contribution >= 0.6 is 23.4 Å². The van der Waals surface area contributed by atoms with Gasteiger partial charge >= 0.3 is 0 Å². The minimum Gasteiger partial charge on any atom is -0.398 e. The molecule has 0 spiro atoms. The van der Waals surface area contributed by atoms with Crippen LogP contribution in [0.25, 0.3) is 0 Å². The quantitative estimate of drug-likeness (QED) is 0.796. The van der Waals surface area contributed by atoms with Crippen molar-refractivity contribution in [2.45, 2.75) is 32.4 Å². The monoisotopic (exact) mass is 324 g/mol. The summed E-state index contributed by atoms with van der Waals surface area (Å²) in [6, 6.07) is 5.92. The Morgan fingerprint density at radius 1 is 1.43 bits per heavy atom. The zero-order valence-electron chi connectivity index (χ0n) is 12.3. The summed E-state index contributed by atoms with van der Waals surface area (Å²) in [6.45, 7) is 4.10. The van der Waals surface area contributed by atoms with Crippen LogP contribution in [0, 0.1) is 6.92 Å². The summed E-state index contributed by atoms with van der Waals surface area (Å²) in [5, 5.41) is 4.63. The second-order valence-corrected chi connectivity index (χ2v) is 6.68. The number of hydrogen-bond acceptors (Lipinski definition) is 5. The van der Waals surface area contributed by atoms with E-state index in [1.807, 2.05) is 25.1 Å². The zero-order chi connectivity index (χ0) is 15.5. The molecule has 0 saturated heterocycles. The third-order valence-corrected chi connectivity index (χ3v) is 4.81. The molecule has 1 heterocycles. The minimum atomic E-state index is -0.917. The van der Waals surface area contributed by atoms with Gasteiger partial charge in [0.05, 0.1) is 5.70 Å². The maximum Gasteiger partial charge on any atom is 0.162 e. The number of amidine groups is 1. The molecule has 1 unspecified atom stereocenters. The molecule has 6 heteroatoms. The van der Waals surface area contributed by atoms with Crippen LogP contribution in [-0.4, -0.2) is 16.6 Å². The maximum atomic E-state index is 6.41. The van der Waals surface area contributed by atoms with Crippen molar-refractivity contribution in [3.63, 3.8) is 0 Å². The third kappa shape index (κ3) is 3.93. The molecule has 0 radical (unpaired) electrons. The van der Waals surface area contributed by atoms with E-state index in [2.05, 4.69) is 17.2 Å². The first kappa shape index (κ1) is 16.2. The van der Waals surface area contributed by atoms with Gasteiger partial charge in [-0.25, -0.2) is 4.99 Å². The van der Waals surface area contributed by atoms with Crippen LogP contribution < -0.4 is 16.8 Å². The molecular weight excluding hydrogens is 304 g/mol. The molecule has 5 N–H and O–H groups in total. The highest BCUT2D eigenvalue weighted by Gasteiger charge is 2.31. The fourth-order valence-electron chi connectivity index (χ4n) is 2.01. The highest BCUT2D eigenvalue weighted by atomic mass is 35.5. The van der Waals surface area contributed by atoms with Crippen molar-refractivity contribution in [2.24, 2.45) is 16.5 Å². The smallest absolute Gasteiger partial charge is 0.162 e. The molecule has 2 rings (SSSR count). The van der Waals surface area contributed by atoms with Gasteiger partial charge in [-0.05, 0) is 30.5 Å². The molecule has 1 aliphatic heterocycles. The Bertz CT molecular complexity index is 585. The Morgan fingerprint density at radius 3 is 2.86 bits per heavy atom. The van der Waals surface area contributed by atoms with Crippen LogP contribution in [0.2, 0.25) is 5.02 Å². The molecule has 1 aliphatic rings. The lowest BCUT2D eigenvalue weighted by Crippen LogP contribution is -2.49. The fourth-order valence-corrected chi connectivity index (χ4v) is 2.98. The normalized spacial score (nSPS) is 21.5. The third-order valence-electron chi connectivity index (χ3n) is 3.30. The van der Waals surface area contributed by atoms with Crippen LogP contribution in [0.5, 0.6) is 0 Å². The van der Waals surface area contributed by atoms with E-state index in [9.17, 15) is 0 Å². The van der Waals surface area contributed by atoms with Crippen molar-refractivity contribution in [2.75, 3.05) is 5.75 Å². The molecule has 114 valence electrons. The number of halogens is 1. The van der Waals surface area contributed by atoms with Crippen LogP contribution in [0.3, 0.4) is 0 Å². The van der Waals surface area contributed by atoms with Gasteiger partial charge in [0.2, 0.25) is 0 Å². The van der Waals surface area contributed by atoms with Gasteiger partial charge in [-0.3, -0.25) is 0 Å². The van der Waals surface area contributed by atoms with E-state index in [0.717, 1.165) is 33.5 Å².